The van der Waals surface area contributed by atoms with Crippen molar-refractivity contribution in [1.29, 1.82) is 0 Å². The summed E-state index contributed by atoms with van der Waals surface area (Å²) >= 11 is 12.2. The molecule has 1 atom stereocenters. The zero-order valence-electron chi connectivity index (χ0n) is 22.2. The second-order valence-electron chi connectivity index (χ2n) is 9.84. The molecule has 3 aromatic carbocycles. The number of hydrogen-bond acceptors (Lipinski definition) is 6. The molecule has 218 valence electrons. The van der Waals surface area contributed by atoms with E-state index in [1.807, 2.05) is 6.92 Å². The number of rotatable bonds is 8. The van der Waals surface area contributed by atoms with Crippen molar-refractivity contribution in [3.05, 3.63) is 76.3 Å². The van der Waals surface area contributed by atoms with Crippen molar-refractivity contribution in [3.63, 3.8) is 0 Å². The van der Waals surface area contributed by atoms with Crippen LogP contribution in [0.25, 0.3) is 0 Å². The van der Waals surface area contributed by atoms with Crippen molar-refractivity contribution in [2.75, 3.05) is 35.9 Å². The predicted molar refractivity (Wildman–Crippen MR) is 159 cm³/mol. The molecule has 9 nitrogen and oxygen atoms in total. The third kappa shape index (κ3) is 6.05. The molecule has 1 N–H and O–H groups in total. The second-order valence-corrected chi connectivity index (χ2v) is 14.5. The van der Waals surface area contributed by atoms with E-state index in [0.717, 1.165) is 5.56 Å². The fourth-order valence-electron chi connectivity index (χ4n) is 5.09. The minimum atomic E-state index is -3.88. The van der Waals surface area contributed by atoms with Crippen molar-refractivity contribution in [3.8, 4) is 5.75 Å². The minimum absolute atomic E-state index is 0.0149. The van der Waals surface area contributed by atoms with E-state index in [-0.39, 0.29) is 40.4 Å². The highest BCUT2D eigenvalue weighted by molar-refractivity contribution is 7.92. The van der Waals surface area contributed by atoms with Crippen molar-refractivity contribution >= 4 is 60.5 Å². The van der Waals surface area contributed by atoms with Gasteiger partial charge < -0.3 is 10.1 Å². The highest BCUT2D eigenvalue weighted by atomic mass is 35.5. The smallest absolute Gasteiger partial charge is 0.264 e. The van der Waals surface area contributed by atoms with Gasteiger partial charge >= 0.3 is 0 Å². The Kier molecular flexibility index (Phi) is 8.54. The number of benzene rings is 3. The van der Waals surface area contributed by atoms with E-state index in [1.165, 1.54) is 51.1 Å². The average Bonchev–Trinajstić information content (AvgIpc) is 3.39. The first-order valence-electron chi connectivity index (χ1n) is 13.2. The van der Waals surface area contributed by atoms with Crippen LogP contribution in [-0.4, -0.2) is 53.3 Å². The molecule has 41 heavy (non-hydrogen) atoms. The van der Waals surface area contributed by atoms with Gasteiger partial charge in [0.05, 0.1) is 33.0 Å². The van der Waals surface area contributed by atoms with Gasteiger partial charge in [0.1, 0.15) is 5.75 Å². The van der Waals surface area contributed by atoms with E-state index >= 15 is 0 Å². The highest BCUT2D eigenvalue weighted by Crippen LogP contribution is 2.36. The van der Waals surface area contributed by atoms with Crippen LogP contribution in [0.3, 0.4) is 0 Å². The van der Waals surface area contributed by atoms with Crippen LogP contribution in [-0.2, 0) is 31.3 Å². The largest absolute Gasteiger partial charge is 0.492 e. The van der Waals surface area contributed by atoms with E-state index < -0.39 is 26.0 Å². The Morgan fingerprint density at radius 2 is 1.68 bits per heavy atom. The molecule has 1 amide bonds. The lowest BCUT2D eigenvalue weighted by atomic mass is 9.98. The van der Waals surface area contributed by atoms with Crippen LogP contribution in [0.5, 0.6) is 5.75 Å². The summed E-state index contributed by atoms with van der Waals surface area (Å²) in [5.74, 6) is -0.517. The number of amides is 1. The number of anilines is 2. The molecule has 13 heteroatoms. The molecule has 0 aromatic heterocycles. The van der Waals surface area contributed by atoms with Crippen LogP contribution in [0.15, 0.2) is 70.5 Å². The summed E-state index contributed by atoms with van der Waals surface area (Å²) in [6, 6.07) is 15.5. The van der Waals surface area contributed by atoms with Gasteiger partial charge in [0.2, 0.25) is 15.9 Å². The van der Waals surface area contributed by atoms with Crippen LogP contribution in [0.1, 0.15) is 25.3 Å². The fraction of sp³-hybridized carbons (Fsp3) is 0.321. The summed E-state index contributed by atoms with van der Waals surface area (Å²) in [5, 5.41) is 3.50. The van der Waals surface area contributed by atoms with E-state index in [2.05, 4.69) is 5.32 Å². The number of piperidine rings is 1. The van der Waals surface area contributed by atoms with Gasteiger partial charge in [0.25, 0.3) is 10.0 Å². The fourth-order valence-corrected chi connectivity index (χ4v) is 8.57. The molecule has 3 aromatic rings. The number of carbonyl (C=O) groups is 1. The topological polar surface area (TPSA) is 113 Å². The molecule has 0 spiro atoms. The molecule has 1 saturated heterocycles. The van der Waals surface area contributed by atoms with Crippen LogP contribution >= 0.6 is 23.2 Å². The predicted octanol–water partition coefficient (Wildman–Crippen LogP) is 5.18. The summed E-state index contributed by atoms with van der Waals surface area (Å²) in [4.78, 5) is 13.4. The van der Waals surface area contributed by atoms with Gasteiger partial charge in [-0.05, 0) is 86.3 Å². The lowest BCUT2D eigenvalue weighted by Gasteiger charge is -2.31. The normalized spacial score (nSPS) is 17.7. The monoisotopic (exact) mass is 637 g/mol. The quantitative estimate of drug-likeness (QED) is 0.364. The Balaban J connectivity index is 1.31. The molecule has 0 aliphatic carbocycles. The summed E-state index contributed by atoms with van der Waals surface area (Å²) in [7, 11) is -7.71. The number of nitrogens with one attached hydrogen (secondary N) is 1. The summed E-state index contributed by atoms with van der Waals surface area (Å²) in [6.45, 7) is 2.79. The zero-order valence-corrected chi connectivity index (χ0v) is 25.4. The van der Waals surface area contributed by atoms with Gasteiger partial charge in [-0.2, -0.15) is 4.31 Å². The van der Waals surface area contributed by atoms with Crippen LogP contribution in [0, 0.1) is 5.92 Å². The van der Waals surface area contributed by atoms with Gasteiger partial charge in [-0.1, -0.05) is 29.3 Å². The molecule has 0 radical (unpaired) electrons. The third-order valence-corrected chi connectivity index (χ3v) is 11.4. The van der Waals surface area contributed by atoms with E-state index in [1.54, 1.807) is 18.2 Å². The molecule has 2 aliphatic heterocycles. The SMILES string of the molecule is CCOc1ccc(S(=O)(=O)N2CCC[C@@H](C(=O)Nc3ccc4c(c3)N(S(=O)(=O)c3ccc(Cl)cc3)CC4)C2)cc1Cl. The number of sulfonamides is 2. The molecule has 0 unspecified atom stereocenters. The van der Waals surface area contributed by atoms with Gasteiger partial charge in [-0.15, -0.1) is 0 Å². The molecule has 2 aliphatic rings. The Morgan fingerprint density at radius 1 is 0.951 bits per heavy atom. The Bertz CT molecular complexity index is 1680. The van der Waals surface area contributed by atoms with Gasteiger partial charge in [-0.25, -0.2) is 16.8 Å². The van der Waals surface area contributed by atoms with E-state index in [0.29, 0.717) is 48.0 Å². The van der Waals surface area contributed by atoms with Crippen molar-refractivity contribution in [2.24, 2.45) is 5.92 Å². The maximum absolute atomic E-state index is 13.4. The summed E-state index contributed by atoms with van der Waals surface area (Å²) in [6.07, 6.45) is 1.57. The van der Waals surface area contributed by atoms with Crippen molar-refractivity contribution < 1.29 is 26.4 Å². The summed E-state index contributed by atoms with van der Waals surface area (Å²) < 4.78 is 61.4. The first-order valence-corrected chi connectivity index (χ1v) is 16.8. The lowest BCUT2D eigenvalue weighted by molar-refractivity contribution is -0.120. The van der Waals surface area contributed by atoms with Crippen molar-refractivity contribution in [1.82, 2.24) is 4.31 Å². The molecule has 1 fully saturated rings. The van der Waals surface area contributed by atoms with Gasteiger partial charge in [0.15, 0.2) is 0 Å². The summed E-state index contributed by atoms with van der Waals surface area (Å²) in [5.41, 5.74) is 1.78. The van der Waals surface area contributed by atoms with E-state index in [9.17, 15) is 21.6 Å². The zero-order chi connectivity index (χ0) is 29.4. The number of hydrogen-bond donors (Lipinski definition) is 1. The minimum Gasteiger partial charge on any atom is -0.492 e. The Hall–Kier alpha value is -2.83. The molecule has 0 bridgehead atoms. The maximum Gasteiger partial charge on any atom is 0.264 e. The van der Waals surface area contributed by atoms with Crippen molar-refractivity contribution in [2.45, 2.75) is 36.0 Å². The first kappa shape index (κ1) is 29.7. The average molecular weight is 639 g/mol. The van der Waals surface area contributed by atoms with Crippen LogP contribution in [0.2, 0.25) is 10.0 Å². The van der Waals surface area contributed by atoms with Crippen LogP contribution in [0.4, 0.5) is 11.4 Å². The number of ether oxygens (including phenoxy) is 1. The molecular formula is C28H29Cl2N3O6S2. The second kappa shape index (κ2) is 11.8. The molecule has 5 rings (SSSR count). The van der Waals surface area contributed by atoms with Gasteiger partial charge in [-0.3, -0.25) is 9.10 Å². The number of halogens is 2. The number of fused-ring (bicyclic) bond motifs is 1. The molecular weight excluding hydrogens is 609 g/mol. The lowest BCUT2D eigenvalue weighted by Crippen LogP contribution is -2.43. The standard InChI is InChI=1S/C28H29Cl2N3O6S2/c1-2-39-27-12-11-24(17-25(27)30)40(35,36)32-14-3-4-20(18-32)28(34)31-22-8-5-19-13-15-33(26(19)16-22)41(37,38)23-9-6-21(29)7-10-23/h5-12,16-17,20H,2-4,13-15,18H2,1H3,(H,31,34)/t20-/m1/s1. The van der Waals surface area contributed by atoms with Crippen LogP contribution < -0.4 is 14.4 Å². The highest BCUT2D eigenvalue weighted by Gasteiger charge is 2.35. The first-order chi connectivity index (χ1) is 19.5. The Labute approximate surface area is 250 Å². The van der Waals surface area contributed by atoms with Gasteiger partial charge in [0, 0.05) is 30.3 Å². The van der Waals surface area contributed by atoms with E-state index in [4.69, 9.17) is 27.9 Å². The Morgan fingerprint density at radius 3 is 2.39 bits per heavy atom. The number of nitrogens with zero attached hydrogens (tertiary/aromatic N) is 2. The molecule has 0 saturated carbocycles. The number of carbonyl (C=O) groups excluding carboxylic acids is 1. The maximum atomic E-state index is 13.4. The third-order valence-electron chi connectivity index (χ3n) is 7.20. The molecule has 2 heterocycles.